The summed E-state index contributed by atoms with van der Waals surface area (Å²) < 4.78 is 5.62. The molecule has 1 aliphatic rings. The first-order valence-corrected chi connectivity index (χ1v) is 8.30. The predicted molar refractivity (Wildman–Crippen MR) is 83.7 cm³/mol. The van der Waals surface area contributed by atoms with Gasteiger partial charge < -0.3 is 20.5 Å². The maximum atomic E-state index is 12.0. The van der Waals surface area contributed by atoms with E-state index < -0.39 is 6.10 Å². The van der Waals surface area contributed by atoms with Crippen LogP contribution in [0.25, 0.3) is 0 Å². The van der Waals surface area contributed by atoms with Gasteiger partial charge in [-0.1, -0.05) is 0 Å². The number of hydrogen-bond donors (Lipinski definition) is 3. The standard InChI is InChI=1S/C15H22N2O3S/c1-10(20-12-3-5-13(21-2)6-4-12)15(19)17-8-11-7-16-9-14(11)18/h3-6,10-11,14,16,18H,7-9H2,1-2H3,(H,17,19). The van der Waals surface area contributed by atoms with Crippen molar-refractivity contribution in [1.29, 1.82) is 0 Å². The molecule has 1 saturated heterocycles. The third-order valence-electron chi connectivity index (χ3n) is 3.58. The van der Waals surface area contributed by atoms with E-state index in [0.717, 1.165) is 11.4 Å². The maximum absolute atomic E-state index is 12.0. The Morgan fingerprint density at radius 1 is 1.48 bits per heavy atom. The van der Waals surface area contributed by atoms with Gasteiger partial charge in [-0.2, -0.15) is 0 Å². The lowest BCUT2D eigenvalue weighted by molar-refractivity contribution is -0.127. The van der Waals surface area contributed by atoms with Crippen molar-refractivity contribution in [3.63, 3.8) is 0 Å². The van der Waals surface area contributed by atoms with Gasteiger partial charge in [-0.15, -0.1) is 11.8 Å². The van der Waals surface area contributed by atoms with E-state index >= 15 is 0 Å². The van der Waals surface area contributed by atoms with Gasteiger partial charge in [0, 0.05) is 30.4 Å². The summed E-state index contributed by atoms with van der Waals surface area (Å²) in [7, 11) is 0. The molecule has 0 saturated carbocycles. The molecule has 0 aliphatic carbocycles. The lowest BCUT2D eigenvalue weighted by Crippen LogP contribution is -2.41. The number of rotatable bonds is 6. The molecular formula is C15H22N2O3S. The van der Waals surface area contributed by atoms with Crippen LogP contribution < -0.4 is 15.4 Å². The van der Waals surface area contributed by atoms with Crippen LogP contribution in [0.2, 0.25) is 0 Å². The third-order valence-corrected chi connectivity index (χ3v) is 4.33. The number of carbonyl (C=O) groups is 1. The van der Waals surface area contributed by atoms with Crippen molar-refractivity contribution in [1.82, 2.24) is 10.6 Å². The first-order chi connectivity index (χ1) is 10.1. The van der Waals surface area contributed by atoms with Crippen LogP contribution in [0.15, 0.2) is 29.2 Å². The number of amides is 1. The zero-order chi connectivity index (χ0) is 15.2. The average Bonchev–Trinajstić information content (AvgIpc) is 2.90. The number of β-amino-alcohol motifs (C(OH)–C–C–N with tert-alkyl or cyclic N) is 1. The number of hydrogen-bond acceptors (Lipinski definition) is 5. The van der Waals surface area contributed by atoms with Crippen LogP contribution in [0.3, 0.4) is 0 Å². The van der Waals surface area contributed by atoms with E-state index in [-0.39, 0.29) is 17.9 Å². The quantitative estimate of drug-likeness (QED) is 0.680. The molecule has 3 N–H and O–H groups in total. The number of thioether (sulfide) groups is 1. The molecule has 2 rings (SSSR count). The molecule has 0 spiro atoms. The summed E-state index contributed by atoms with van der Waals surface area (Å²) in [6.07, 6.45) is 1.07. The number of aliphatic hydroxyl groups excluding tert-OH is 1. The normalized spacial score (nSPS) is 22.8. The molecule has 1 aromatic carbocycles. The lowest BCUT2D eigenvalue weighted by atomic mass is 10.1. The van der Waals surface area contributed by atoms with Crippen molar-refractivity contribution in [2.75, 3.05) is 25.9 Å². The largest absolute Gasteiger partial charge is 0.481 e. The average molecular weight is 310 g/mol. The molecule has 5 nitrogen and oxygen atoms in total. The molecule has 0 bridgehead atoms. The molecule has 6 heteroatoms. The van der Waals surface area contributed by atoms with Gasteiger partial charge in [0.05, 0.1) is 6.10 Å². The van der Waals surface area contributed by atoms with E-state index in [1.54, 1.807) is 18.7 Å². The third kappa shape index (κ3) is 4.62. The Balaban J connectivity index is 1.78. The molecule has 1 aliphatic heterocycles. The van der Waals surface area contributed by atoms with Crippen LogP contribution in [0.1, 0.15) is 6.92 Å². The van der Waals surface area contributed by atoms with Gasteiger partial charge >= 0.3 is 0 Å². The van der Waals surface area contributed by atoms with Crippen molar-refractivity contribution in [2.45, 2.75) is 24.0 Å². The van der Waals surface area contributed by atoms with Crippen molar-refractivity contribution in [2.24, 2.45) is 5.92 Å². The minimum absolute atomic E-state index is 0.0713. The monoisotopic (exact) mass is 310 g/mol. The van der Waals surface area contributed by atoms with Crippen LogP contribution in [0.4, 0.5) is 0 Å². The van der Waals surface area contributed by atoms with Crippen LogP contribution >= 0.6 is 11.8 Å². The fourth-order valence-corrected chi connectivity index (χ4v) is 2.62. The Morgan fingerprint density at radius 2 is 2.19 bits per heavy atom. The molecule has 1 fully saturated rings. The fraction of sp³-hybridized carbons (Fsp3) is 0.533. The van der Waals surface area contributed by atoms with Crippen molar-refractivity contribution in [3.8, 4) is 5.75 Å². The molecule has 0 radical (unpaired) electrons. The lowest BCUT2D eigenvalue weighted by Gasteiger charge is -2.18. The second-order valence-corrected chi connectivity index (χ2v) is 6.05. The molecule has 3 unspecified atom stereocenters. The molecular weight excluding hydrogens is 288 g/mol. The zero-order valence-corrected chi connectivity index (χ0v) is 13.2. The van der Waals surface area contributed by atoms with Gasteiger partial charge in [0.15, 0.2) is 6.10 Å². The maximum Gasteiger partial charge on any atom is 0.260 e. The number of ether oxygens (including phenoxy) is 1. The van der Waals surface area contributed by atoms with Gasteiger partial charge in [0.25, 0.3) is 5.91 Å². The van der Waals surface area contributed by atoms with E-state index in [9.17, 15) is 9.90 Å². The molecule has 1 amide bonds. The summed E-state index contributed by atoms with van der Waals surface area (Å²) in [6.45, 7) is 3.51. The predicted octanol–water partition coefficient (Wildman–Crippen LogP) is 0.872. The summed E-state index contributed by atoms with van der Waals surface area (Å²) in [5.74, 6) is 0.586. The number of aliphatic hydroxyl groups is 1. The minimum Gasteiger partial charge on any atom is -0.481 e. The molecule has 0 aromatic heterocycles. The van der Waals surface area contributed by atoms with Gasteiger partial charge in [0.1, 0.15) is 5.75 Å². The van der Waals surface area contributed by atoms with Crippen LogP contribution in [-0.4, -0.2) is 49.1 Å². The van der Waals surface area contributed by atoms with Gasteiger partial charge in [-0.3, -0.25) is 4.79 Å². The fourth-order valence-electron chi connectivity index (χ4n) is 2.21. The topological polar surface area (TPSA) is 70.6 Å². The van der Waals surface area contributed by atoms with E-state index in [1.165, 1.54) is 0 Å². The minimum atomic E-state index is -0.559. The molecule has 116 valence electrons. The molecule has 1 aromatic rings. The van der Waals surface area contributed by atoms with Crippen molar-refractivity contribution < 1.29 is 14.6 Å². The van der Waals surface area contributed by atoms with Gasteiger partial charge in [0.2, 0.25) is 0 Å². The number of benzene rings is 1. The zero-order valence-electron chi connectivity index (χ0n) is 12.3. The second kappa shape index (κ2) is 7.68. The Labute approximate surface area is 129 Å². The second-order valence-electron chi connectivity index (χ2n) is 5.17. The van der Waals surface area contributed by atoms with Crippen molar-refractivity contribution in [3.05, 3.63) is 24.3 Å². The van der Waals surface area contributed by atoms with Crippen LogP contribution in [-0.2, 0) is 4.79 Å². The number of nitrogens with one attached hydrogen (secondary N) is 2. The van der Waals surface area contributed by atoms with E-state index in [0.29, 0.717) is 18.8 Å². The van der Waals surface area contributed by atoms with Crippen LogP contribution in [0, 0.1) is 5.92 Å². The van der Waals surface area contributed by atoms with E-state index in [4.69, 9.17) is 4.74 Å². The highest BCUT2D eigenvalue weighted by atomic mass is 32.2. The van der Waals surface area contributed by atoms with E-state index in [1.807, 2.05) is 30.5 Å². The number of carbonyl (C=O) groups excluding carboxylic acids is 1. The van der Waals surface area contributed by atoms with Crippen LogP contribution in [0.5, 0.6) is 5.75 Å². The summed E-state index contributed by atoms with van der Waals surface area (Å²) in [5.41, 5.74) is 0. The first kappa shape index (κ1) is 16.1. The van der Waals surface area contributed by atoms with Gasteiger partial charge in [-0.05, 0) is 37.4 Å². The summed E-state index contributed by atoms with van der Waals surface area (Å²) in [6, 6.07) is 7.65. The Kier molecular flexibility index (Phi) is 5.90. The Hall–Kier alpha value is -1.24. The van der Waals surface area contributed by atoms with E-state index in [2.05, 4.69) is 10.6 Å². The summed E-state index contributed by atoms with van der Waals surface area (Å²) in [4.78, 5) is 13.1. The highest BCUT2D eigenvalue weighted by molar-refractivity contribution is 7.98. The highest BCUT2D eigenvalue weighted by Crippen LogP contribution is 2.19. The Morgan fingerprint density at radius 3 is 2.76 bits per heavy atom. The SMILES string of the molecule is CSc1ccc(OC(C)C(=O)NCC2CNCC2O)cc1. The summed E-state index contributed by atoms with van der Waals surface area (Å²) >= 11 is 1.66. The first-order valence-electron chi connectivity index (χ1n) is 7.07. The smallest absolute Gasteiger partial charge is 0.260 e. The molecule has 1 heterocycles. The summed E-state index contributed by atoms with van der Waals surface area (Å²) in [5, 5.41) is 15.6. The molecule has 21 heavy (non-hydrogen) atoms. The molecule has 3 atom stereocenters. The van der Waals surface area contributed by atoms with Gasteiger partial charge in [-0.25, -0.2) is 0 Å². The Bertz CT molecular complexity index is 466. The highest BCUT2D eigenvalue weighted by Gasteiger charge is 2.26. The van der Waals surface area contributed by atoms with Crippen molar-refractivity contribution >= 4 is 17.7 Å².